The summed E-state index contributed by atoms with van der Waals surface area (Å²) in [4.78, 5) is 49.8. The summed E-state index contributed by atoms with van der Waals surface area (Å²) in [5, 5.41) is 14.0. The third-order valence-corrected chi connectivity index (χ3v) is 13.8. The Balaban J connectivity index is 0.863. The maximum absolute atomic E-state index is 16.5. The average molecular weight is 893 g/mol. The van der Waals surface area contributed by atoms with E-state index in [1.807, 2.05) is 25.1 Å². The number of phenols is 1. The fraction of sp³-hybridized carbons (Fsp3) is 0.469. The van der Waals surface area contributed by atoms with Crippen LogP contribution in [-0.2, 0) is 4.79 Å². The number of carbonyl (C=O) groups is 3. The van der Waals surface area contributed by atoms with E-state index in [4.69, 9.17) is 22.2 Å². The van der Waals surface area contributed by atoms with E-state index in [0.29, 0.717) is 54.6 Å². The van der Waals surface area contributed by atoms with Crippen molar-refractivity contribution in [1.82, 2.24) is 29.6 Å². The van der Waals surface area contributed by atoms with Gasteiger partial charge in [0.15, 0.2) is 0 Å². The Kier molecular flexibility index (Phi) is 13.4. The second-order valence-corrected chi connectivity index (χ2v) is 18.4. The van der Waals surface area contributed by atoms with Crippen molar-refractivity contribution in [3.8, 4) is 5.75 Å². The molecule has 0 spiro atoms. The number of carbonyl (C=O) groups excluding carboxylic acids is 3. The summed E-state index contributed by atoms with van der Waals surface area (Å²) in [6, 6.07) is 14.1. The van der Waals surface area contributed by atoms with Gasteiger partial charge in [0.05, 0.1) is 17.6 Å². The minimum Gasteiger partial charge on any atom is -0.507 e. The predicted octanol–water partition coefficient (Wildman–Crippen LogP) is 6.16. The van der Waals surface area contributed by atoms with Crippen LogP contribution < -0.4 is 27.4 Å². The summed E-state index contributed by atoms with van der Waals surface area (Å²) in [6.45, 7) is 5.15. The van der Waals surface area contributed by atoms with Crippen LogP contribution in [-0.4, -0.2) is 119 Å². The van der Waals surface area contributed by atoms with Gasteiger partial charge in [-0.05, 0) is 98.0 Å². The number of aryl methyl sites for hydroxylation is 1. The molecule has 65 heavy (non-hydrogen) atoms. The summed E-state index contributed by atoms with van der Waals surface area (Å²) < 4.78 is 34.2. The highest BCUT2D eigenvalue weighted by molar-refractivity contribution is 5.95. The molecule has 1 aliphatic carbocycles. The Morgan fingerprint density at radius 3 is 2.37 bits per heavy atom. The number of phenolic OH excluding ortho intramolecular Hbond substituents is 1. The zero-order valence-corrected chi connectivity index (χ0v) is 37.4. The number of aromatic nitrogens is 2. The third-order valence-electron chi connectivity index (χ3n) is 13.8. The number of hydrogen-bond donors (Lipinski definition) is 5. The number of aldehydes is 1. The van der Waals surface area contributed by atoms with Crippen LogP contribution in [0.2, 0.25) is 0 Å². The molecule has 2 aromatic heterocycles. The van der Waals surface area contributed by atoms with Crippen molar-refractivity contribution in [2.75, 3.05) is 64.3 Å². The predicted molar refractivity (Wildman–Crippen MR) is 249 cm³/mol. The first-order valence-corrected chi connectivity index (χ1v) is 22.9. The number of pyridine rings is 1. The molecule has 3 amide bonds. The molecule has 0 radical (unpaired) electrons. The fourth-order valence-electron chi connectivity index (χ4n) is 10.2. The number of nitrogens with two attached hydrogens (primary N) is 3. The Hall–Kier alpha value is -6.16. The van der Waals surface area contributed by atoms with E-state index in [1.54, 1.807) is 58.3 Å². The summed E-state index contributed by atoms with van der Waals surface area (Å²) in [7, 11) is 1.57. The Labute approximate surface area is 379 Å². The molecule has 8 N–H and O–H groups in total. The van der Waals surface area contributed by atoms with Gasteiger partial charge in [0.2, 0.25) is 0 Å². The van der Waals surface area contributed by atoms with Crippen LogP contribution in [0, 0.1) is 6.92 Å². The van der Waals surface area contributed by atoms with Gasteiger partial charge in [0.25, 0.3) is 5.91 Å². The monoisotopic (exact) mass is 892 g/mol. The summed E-state index contributed by atoms with van der Waals surface area (Å²) in [6.07, 6.45) is 10.1. The SMILES string of the molecule is CNC(=O)N(CCC=O)c1cnc2c(c1)c(C1CC1)cn2C1CCN(CC2(F)CCN(C(=O)c3ccc(C4CC(F)CN(C(/C=C(\N)c5ccccc5O)=C(N)N)C4)c(C)c3)CC2)CC1. The number of rotatable bonds is 13. The van der Waals surface area contributed by atoms with Crippen LogP contribution >= 0.6 is 0 Å². The molecular formula is C49H62F2N10O4. The van der Waals surface area contributed by atoms with Crippen LogP contribution in [0.15, 0.2) is 78.5 Å². The number of anilines is 1. The number of allylic oxidation sites excluding steroid dienone is 1. The van der Waals surface area contributed by atoms with Crippen molar-refractivity contribution >= 4 is 40.6 Å². The van der Waals surface area contributed by atoms with E-state index in [0.717, 1.165) is 67.2 Å². The van der Waals surface area contributed by atoms with Crippen molar-refractivity contribution in [1.29, 1.82) is 0 Å². The number of piperidine rings is 3. The van der Waals surface area contributed by atoms with Gasteiger partial charge in [-0.25, -0.2) is 18.6 Å². The molecule has 4 aliphatic rings. The van der Waals surface area contributed by atoms with E-state index in [9.17, 15) is 19.5 Å². The molecule has 3 saturated heterocycles. The first kappa shape index (κ1) is 45.4. The molecule has 5 heterocycles. The lowest BCUT2D eigenvalue weighted by Crippen LogP contribution is -2.51. The fourth-order valence-corrected chi connectivity index (χ4v) is 10.2. The van der Waals surface area contributed by atoms with Crippen LogP contribution in [0.5, 0.6) is 5.75 Å². The molecular weight excluding hydrogens is 831 g/mol. The maximum Gasteiger partial charge on any atom is 0.321 e. The number of benzene rings is 2. The first-order valence-electron chi connectivity index (χ1n) is 22.9. The number of nitrogens with zero attached hydrogens (tertiary/aromatic N) is 6. The third kappa shape index (κ3) is 9.92. The molecule has 14 nitrogen and oxygen atoms in total. The molecule has 0 bridgehead atoms. The van der Waals surface area contributed by atoms with Crippen molar-refractivity contribution in [3.63, 3.8) is 0 Å². The van der Waals surface area contributed by atoms with Gasteiger partial charge in [0.1, 0.15) is 35.3 Å². The highest BCUT2D eigenvalue weighted by Gasteiger charge is 2.39. The summed E-state index contributed by atoms with van der Waals surface area (Å²) >= 11 is 0. The van der Waals surface area contributed by atoms with E-state index >= 15 is 8.78 Å². The molecule has 2 aromatic carbocycles. The lowest BCUT2D eigenvalue weighted by atomic mass is 9.86. The van der Waals surface area contributed by atoms with E-state index in [2.05, 4.69) is 21.0 Å². The number of likely N-dealkylation sites (tertiary alicyclic amines) is 3. The highest BCUT2D eigenvalue weighted by Crippen LogP contribution is 2.45. The average Bonchev–Trinajstić information content (AvgIpc) is 4.08. The molecule has 8 rings (SSSR count). The van der Waals surface area contributed by atoms with Gasteiger partial charge >= 0.3 is 6.03 Å². The molecule has 2 unspecified atom stereocenters. The van der Waals surface area contributed by atoms with E-state index in [1.165, 1.54) is 11.6 Å². The van der Waals surface area contributed by atoms with Crippen molar-refractivity contribution in [3.05, 3.63) is 106 Å². The summed E-state index contributed by atoms with van der Waals surface area (Å²) in [5.41, 5.74) is 23.3. The van der Waals surface area contributed by atoms with Gasteiger partial charge in [-0.15, -0.1) is 0 Å². The molecule has 3 aliphatic heterocycles. The van der Waals surface area contributed by atoms with Gasteiger partial charge < -0.3 is 51.7 Å². The quantitative estimate of drug-likeness (QED) is 0.0768. The number of para-hydroxylation sites is 1. The largest absolute Gasteiger partial charge is 0.507 e. The zero-order valence-electron chi connectivity index (χ0n) is 37.4. The Morgan fingerprint density at radius 2 is 1.71 bits per heavy atom. The van der Waals surface area contributed by atoms with Gasteiger partial charge in [-0.1, -0.05) is 18.2 Å². The number of fused-ring (bicyclic) bond motifs is 1. The lowest BCUT2D eigenvalue weighted by molar-refractivity contribution is -0.107. The van der Waals surface area contributed by atoms with Crippen molar-refractivity contribution < 1.29 is 28.3 Å². The summed E-state index contributed by atoms with van der Waals surface area (Å²) in [5.74, 6) is 0.0929. The van der Waals surface area contributed by atoms with Gasteiger partial charge in [-0.2, -0.15) is 0 Å². The number of hydrogen-bond acceptors (Lipinski definition) is 10. The number of halogens is 2. The molecule has 2 atom stereocenters. The van der Waals surface area contributed by atoms with Crippen molar-refractivity contribution in [2.45, 2.75) is 88.0 Å². The van der Waals surface area contributed by atoms with Gasteiger partial charge in [-0.3, -0.25) is 9.69 Å². The Bertz CT molecular complexity index is 2470. The smallest absolute Gasteiger partial charge is 0.321 e. The van der Waals surface area contributed by atoms with Crippen LogP contribution in [0.1, 0.15) is 102 Å². The molecule has 1 saturated carbocycles. The number of alkyl halides is 2. The van der Waals surface area contributed by atoms with Gasteiger partial charge in [0, 0.05) is 119 Å². The second kappa shape index (κ2) is 19.1. The highest BCUT2D eigenvalue weighted by atomic mass is 19.1. The Morgan fingerprint density at radius 1 is 0.969 bits per heavy atom. The molecule has 16 heteroatoms. The first-order chi connectivity index (χ1) is 31.2. The van der Waals surface area contributed by atoms with Crippen molar-refractivity contribution in [2.24, 2.45) is 17.2 Å². The number of aromatic hydroxyl groups is 1. The standard InChI is InChI=1S/C49H62F2N10O4/c1-31-22-33(10-11-38(31)34-23-35(50)28-59(27-34)43(45(53)54)25-42(52)39-6-3-4-7-44(39)63)47(64)58-19-14-49(51,15-20-58)30-57-17-12-36(13-18-57)61-29-41(32-8-9-32)40-24-37(26-56-46(40)61)60(16-5-21-62)48(65)55-2/h3-4,6-7,10-11,21-22,24-26,29,32,34-36,63H,5,8-9,12-20,23,27-28,30,52-54H2,1-2H3,(H,55,65)/b42-25-. The molecule has 4 fully saturated rings. The molecule has 4 aromatic rings. The number of amides is 3. The maximum atomic E-state index is 16.5. The van der Waals surface area contributed by atoms with Crippen LogP contribution in [0.3, 0.4) is 0 Å². The van der Waals surface area contributed by atoms with Crippen LogP contribution in [0.25, 0.3) is 16.7 Å². The van der Waals surface area contributed by atoms with E-state index in [-0.39, 0.29) is 79.9 Å². The van der Waals surface area contributed by atoms with Crippen LogP contribution in [0.4, 0.5) is 19.3 Å². The minimum absolute atomic E-state index is 0.00488. The second-order valence-electron chi connectivity index (χ2n) is 18.4. The number of urea groups is 1. The lowest BCUT2D eigenvalue weighted by Gasteiger charge is -2.41. The molecule has 346 valence electrons. The normalized spacial score (nSPS) is 20.7. The number of nitrogens with one attached hydrogen (secondary N) is 1. The topological polar surface area (TPSA) is 192 Å². The zero-order chi connectivity index (χ0) is 46.0. The minimum atomic E-state index is -1.40. The van der Waals surface area contributed by atoms with E-state index < -0.39 is 11.8 Å².